The minimum atomic E-state index is -0.583. The molecule has 0 aromatic heterocycles. The lowest BCUT2D eigenvalue weighted by Crippen LogP contribution is -2.41. The molecule has 0 amide bonds. The summed E-state index contributed by atoms with van der Waals surface area (Å²) in [6.45, 7) is 6.23. The number of rotatable bonds is 6. The predicted octanol–water partition coefficient (Wildman–Crippen LogP) is 2.53. The van der Waals surface area contributed by atoms with Crippen LogP contribution in [0, 0.1) is 17.6 Å². The van der Waals surface area contributed by atoms with E-state index < -0.39 is 17.7 Å². The van der Waals surface area contributed by atoms with Gasteiger partial charge in [-0.1, -0.05) is 13.8 Å². The summed E-state index contributed by atoms with van der Waals surface area (Å²) in [5.74, 6) is 4.60. The lowest BCUT2D eigenvalue weighted by Gasteiger charge is -2.30. The molecule has 1 aromatic rings. The van der Waals surface area contributed by atoms with E-state index in [0.29, 0.717) is 6.61 Å². The molecule has 0 aliphatic rings. The van der Waals surface area contributed by atoms with Gasteiger partial charge in [-0.3, -0.25) is 11.3 Å². The molecule has 0 saturated carbocycles. The van der Waals surface area contributed by atoms with Crippen molar-refractivity contribution in [3.63, 3.8) is 0 Å². The van der Waals surface area contributed by atoms with Gasteiger partial charge in [-0.15, -0.1) is 0 Å². The predicted molar refractivity (Wildman–Crippen MR) is 66.7 cm³/mol. The Labute approximate surface area is 106 Å². The molecule has 1 aromatic carbocycles. The highest BCUT2D eigenvalue weighted by molar-refractivity contribution is 5.23. The first-order chi connectivity index (χ1) is 8.51. The summed E-state index contributed by atoms with van der Waals surface area (Å²) in [4.78, 5) is 0. The molecule has 3 nitrogen and oxygen atoms in total. The molecule has 18 heavy (non-hydrogen) atoms. The molecule has 0 saturated heterocycles. The molecule has 0 bridgehead atoms. The summed E-state index contributed by atoms with van der Waals surface area (Å²) in [5, 5.41) is 0. The first kappa shape index (κ1) is 15.0. The molecule has 2 atom stereocenters. The monoisotopic (exact) mass is 258 g/mol. The van der Waals surface area contributed by atoms with Gasteiger partial charge in [-0.2, -0.15) is 0 Å². The Morgan fingerprint density at radius 1 is 1.33 bits per heavy atom. The van der Waals surface area contributed by atoms with Gasteiger partial charge in [0.1, 0.15) is 11.6 Å². The number of nitrogens with one attached hydrogen (secondary N) is 1. The van der Waals surface area contributed by atoms with Crippen LogP contribution in [-0.2, 0) is 4.74 Å². The van der Waals surface area contributed by atoms with E-state index in [4.69, 9.17) is 10.6 Å². The van der Waals surface area contributed by atoms with E-state index in [-0.39, 0.29) is 17.6 Å². The smallest absolute Gasteiger partial charge is 0.128 e. The Balaban J connectivity index is 3.10. The number of nitrogens with two attached hydrogens (primary N) is 1. The standard InChI is InChI=1S/C13H20F2N2O/c1-4-18-13(8(2)3)12(17-16)10-7-9(14)5-6-11(10)15/h5-8,12-13,17H,4,16H2,1-3H3. The highest BCUT2D eigenvalue weighted by Crippen LogP contribution is 2.26. The lowest BCUT2D eigenvalue weighted by atomic mass is 9.93. The van der Waals surface area contributed by atoms with Crippen LogP contribution in [0.15, 0.2) is 18.2 Å². The third-order valence-corrected chi connectivity index (χ3v) is 2.82. The van der Waals surface area contributed by atoms with Crippen molar-refractivity contribution in [2.45, 2.75) is 32.9 Å². The number of ether oxygens (including phenoxy) is 1. The van der Waals surface area contributed by atoms with Gasteiger partial charge in [0, 0.05) is 12.2 Å². The molecule has 0 heterocycles. The van der Waals surface area contributed by atoms with Crippen molar-refractivity contribution in [3.8, 4) is 0 Å². The molecule has 0 fully saturated rings. The molecule has 3 N–H and O–H groups in total. The van der Waals surface area contributed by atoms with Crippen LogP contribution in [0.3, 0.4) is 0 Å². The number of halogens is 2. The van der Waals surface area contributed by atoms with Gasteiger partial charge in [-0.05, 0) is 31.0 Å². The van der Waals surface area contributed by atoms with E-state index >= 15 is 0 Å². The van der Waals surface area contributed by atoms with Crippen molar-refractivity contribution in [1.29, 1.82) is 0 Å². The quantitative estimate of drug-likeness (QED) is 0.609. The topological polar surface area (TPSA) is 47.3 Å². The van der Waals surface area contributed by atoms with Gasteiger partial charge in [-0.25, -0.2) is 8.78 Å². The van der Waals surface area contributed by atoms with E-state index in [1.807, 2.05) is 20.8 Å². The van der Waals surface area contributed by atoms with Crippen LogP contribution in [0.5, 0.6) is 0 Å². The molecule has 102 valence electrons. The second-order valence-electron chi connectivity index (χ2n) is 4.47. The molecule has 5 heteroatoms. The van der Waals surface area contributed by atoms with Crippen molar-refractivity contribution < 1.29 is 13.5 Å². The number of hydrazine groups is 1. The lowest BCUT2D eigenvalue weighted by molar-refractivity contribution is 0.00189. The van der Waals surface area contributed by atoms with Gasteiger partial charge in [0.15, 0.2) is 0 Å². The van der Waals surface area contributed by atoms with Crippen molar-refractivity contribution in [2.24, 2.45) is 11.8 Å². The maximum absolute atomic E-state index is 13.8. The van der Waals surface area contributed by atoms with Crippen molar-refractivity contribution in [1.82, 2.24) is 5.43 Å². The zero-order valence-electron chi connectivity index (χ0n) is 10.9. The maximum Gasteiger partial charge on any atom is 0.128 e. The second kappa shape index (κ2) is 6.78. The summed E-state index contributed by atoms with van der Waals surface area (Å²) in [6, 6.07) is 2.74. The fraction of sp³-hybridized carbons (Fsp3) is 0.538. The summed E-state index contributed by atoms with van der Waals surface area (Å²) < 4.78 is 32.5. The van der Waals surface area contributed by atoms with Crippen molar-refractivity contribution in [2.75, 3.05) is 6.61 Å². The average molecular weight is 258 g/mol. The van der Waals surface area contributed by atoms with Crippen LogP contribution >= 0.6 is 0 Å². The van der Waals surface area contributed by atoms with Crippen LogP contribution in [0.25, 0.3) is 0 Å². The normalized spacial score (nSPS) is 14.8. The second-order valence-corrected chi connectivity index (χ2v) is 4.47. The summed E-state index contributed by atoms with van der Waals surface area (Å²) in [6.07, 6.45) is -0.323. The van der Waals surface area contributed by atoms with Crippen LogP contribution in [0.4, 0.5) is 8.78 Å². The van der Waals surface area contributed by atoms with Crippen LogP contribution in [-0.4, -0.2) is 12.7 Å². The van der Waals surface area contributed by atoms with Crippen molar-refractivity contribution in [3.05, 3.63) is 35.4 Å². The SMILES string of the molecule is CCOC(C(C)C)C(NN)c1cc(F)ccc1F. The highest BCUT2D eigenvalue weighted by Gasteiger charge is 2.28. The molecule has 0 aliphatic heterocycles. The number of hydrogen-bond acceptors (Lipinski definition) is 3. The van der Waals surface area contributed by atoms with E-state index in [2.05, 4.69) is 5.43 Å². The van der Waals surface area contributed by atoms with Crippen LogP contribution in [0.1, 0.15) is 32.4 Å². The van der Waals surface area contributed by atoms with Gasteiger partial charge < -0.3 is 4.74 Å². The van der Waals surface area contributed by atoms with Gasteiger partial charge in [0.25, 0.3) is 0 Å². The van der Waals surface area contributed by atoms with Crippen LogP contribution in [0.2, 0.25) is 0 Å². The Bertz CT molecular complexity index is 385. The molecule has 2 unspecified atom stereocenters. The van der Waals surface area contributed by atoms with Gasteiger partial charge >= 0.3 is 0 Å². The van der Waals surface area contributed by atoms with Crippen molar-refractivity contribution >= 4 is 0 Å². The Morgan fingerprint density at radius 3 is 2.50 bits per heavy atom. The van der Waals surface area contributed by atoms with Gasteiger partial charge in [0.2, 0.25) is 0 Å². The highest BCUT2D eigenvalue weighted by atomic mass is 19.1. The maximum atomic E-state index is 13.8. The van der Waals surface area contributed by atoms with E-state index in [1.165, 1.54) is 0 Å². The number of hydrogen-bond donors (Lipinski definition) is 2. The fourth-order valence-corrected chi connectivity index (χ4v) is 1.98. The third kappa shape index (κ3) is 3.48. The van der Waals surface area contributed by atoms with E-state index in [1.54, 1.807) is 0 Å². The molecule has 0 radical (unpaired) electrons. The summed E-state index contributed by atoms with van der Waals surface area (Å²) in [5.41, 5.74) is 2.71. The Kier molecular flexibility index (Phi) is 5.65. The zero-order chi connectivity index (χ0) is 13.7. The minimum Gasteiger partial charge on any atom is -0.376 e. The third-order valence-electron chi connectivity index (χ3n) is 2.82. The summed E-state index contributed by atoms with van der Waals surface area (Å²) in [7, 11) is 0. The molecule has 0 aliphatic carbocycles. The molecular formula is C13H20F2N2O. The Hall–Kier alpha value is -1.04. The fourth-order valence-electron chi connectivity index (χ4n) is 1.98. The van der Waals surface area contributed by atoms with E-state index in [0.717, 1.165) is 18.2 Å². The molecular weight excluding hydrogens is 238 g/mol. The van der Waals surface area contributed by atoms with E-state index in [9.17, 15) is 8.78 Å². The zero-order valence-corrected chi connectivity index (χ0v) is 10.9. The minimum absolute atomic E-state index is 0.119. The Morgan fingerprint density at radius 2 is 2.00 bits per heavy atom. The molecule has 0 spiro atoms. The first-order valence-corrected chi connectivity index (χ1v) is 6.03. The molecule has 1 rings (SSSR count). The first-order valence-electron chi connectivity index (χ1n) is 6.03. The largest absolute Gasteiger partial charge is 0.376 e. The van der Waals surface area contributed by atoms with Crippen LogP contribution < -0.4 is 11.3 Å². The average Bonchev–Trinajstić information content (AvgIpc) is 2.33. The number of benzene rings is 1. The summed E-state index contributed by atoms with van der Waals surface area (Å²) >= 11 is 0. The van der Waals surface area contributed by atoms with Gasteiger partial charge in [0.05, 0.1) is 12.1 Å².